The van der Waals surface area contributed by atoms with Gasteiger partial charge in [-0.3, -0.25) is 15.0 Å². The van der Waals surface area contributed by atoms with Crippen LogP contribution >= 0.6 is 11.3 Å². The summed E-state index contributed by atoms with van der Waals surface area (Å²) in [6, 6.07) is 17.2. The molecule has 0 atom stereocenters. The zero-order valence-electron chi connectivity index (χ0n) is 15.9. The molecule has 1 amide bonds. The predicted octanol–water partition coefficient (Wildman–Crippen LogP) is 4.35. The lowest BCUT2D eigenvalue weighted by atomic mass is 10.2. The van der Waals surface area contributed by atoms with Gasteiger partial charge in [0.1, 0.15) is 12.4 Å². The Morgan fingerprint density at radius 2 is 2.07 bits per heavy atom. The number of carbonyl (C=O) groups is 1. The molecule has 1 aliphatic heterocycles. The van der Waals surface area contributed by atoms with Gasteiger partial charge in [0.05, 0.1) is 5.69 Å². The lowest BCUT2D eigenvalue weighted by molar-refractivity contribution is 0.102. The van der Waals surface area contributed by atoms with Gasteiger partial charge < -0.3 is 4.74 Å². The third-order valence-corrected chi connectivity index (χ3v) is 5.82. The van der Waals surface area contributed by atoms with Crippen molar-refractivity contribution in [1.29, 1.82) is 0 Å². The summed E-state index contributed by atoms with van der Waals surface area (Å²) in [4.78, 5) is 20.9. The highest BCUT2D eigenvalue weighted by Crippen LogP contribution is 2.28. The summed E-state index contributed by atoms with van der Waals surface area (Å²) in [5.41, 5.74) is 2.77. The number of aromatic nitrogens is 1. The van der Waals surface area contributed by atoms with E-state index in [1.165, 1.54) is 4.88 Å². The Balaban J connectivity index is 1.40. The first kappa shape index (κ1) is 18.7. The highest BCUT2D eigenvalue weighted by Gasteiger charge is 2.20. The van der Waals surface area contributed by atoms with E-state index >= 15 is 0 Å². The van der Waals surface area contributed by atoms with Crippen LogP contribution in [0, 0.1) is 0 Å². The Labute approximate surface area is 169 Å². The molecule has 4 rings (SSSR count). The Hall–Kier alpha value is -2.70. The molecular formula is C22H23N3O2S. The molecule has 0 bridgehead atoms. The molecule has 144 valence electrons. The molecule has 0 saturated heterocycles. The van der Waals surface area contributed by atoms with Gasteiger partial charge in [0.15, 0.2) is 5.13 Å². The van der Waals surface area contributed by atoms with Gasteiger partial charge in [0.25, 0.3) is 5.91 Å². The van der Waals surface area contributed by atoms with Crippen LogP contribution in [0.3, 0.4) is 0 Å². The Kier molecular flexibility index (Phi) is 5.69. The van der Waals surface area contributed by atoms with Crippen LogP contribution in [0.25, 0.3) is 0 Å². The van der Waals surface area contributed by atoms with Crippen molar-refractivity contribution in [3.63, 3.8) is 0 Å². The molecule has 0 aliphatic carbocycles. The van der Waals surface area contributed by atoms with Crippen LogP contribution in [-0.2, 0) is 19.6 Å². The summed E-state index contributed by atoms with van der Waals surface area (Å²) in [7, 11) is 0. The van der Waals surface area contributed by atoms with E-state index in [-0.39, 0.29) is 5.91 Å². The van der Waals surface area contributed by atoms with Gasteiger partial charge in [-0.25, -0.2) is 4.98 Å². The maximum atomic E-state index is 12.7. The fourth-order valence-electron chi connectivity index (χ4n) is 3.21. The second-order valence-corrected chi connectivity index (χ2v) is 7.85. The second-order valence-electron chi connectivity index (χ2n) is 6.76. The molecule has 0 unspecified atom stereocenters. The minimum absolute atomic E-state index is 0.163. The monoisotopic (exact) mass is 393 g/mol. The van der Waals surface area contributed by atoms with E-state index in [0.717, 1.165) is 37.3 Å². The molecule has 0 saturated carbocycles. The first-order valence-electron chi connectivity index (χ1n) is 9.50. The lowest BCUT2D eigenvalue weighted by Gasteiger charge is -2.23. The molecule has 0 radical (unpaired) electrons. The van der Waals surface area contributed by atoms with Gasteiger partial charge in [0, 0.05) is 30.0 Å². The van der Waals surface area contributed by atoms with Gasteiger partial charge in [-0.15, -0.1) is 11.3 Å². The van der Waals surface area contributed by atoms with Crippen LogP contribution < -0.4 is 10.1 Å². The molecule has 1 aliphatic rings. The van der Waals surface area contributed by atoms with E-state index < -0.39 is 0 Å². The standard InChI is InChI=1S/C22H23N3O2S/c1-2-25-12-11-19-20(14-25)28-22(23-19)24-21(26)17-9-6-10-18(13-17)27-15-16-7-4-3-5-8-16/h3-10,13H,2,11-12,14-15H2,1H3,(H,23,24,26). The number of rotatable bonds is 6. The van der Waals surface area contributed by atoms with Crippen molar-refractivity contribution in [3.05, 3.63) is 76.3 Å². The Bertz CT molecular complexity index is 955. The normalized spacial score (nSPS) is 13.8. The highest BCUT2D eigenvalue weighted by atomic mass is 32.1. The van der Waals surface area contributed by atoms with Crippen molar-refractivity contribution in [2.24, 2.45) is 0 Å². The van der Waals surface area contributed by atoms with Crippen LogP contribution in [0.15, 0.2) is 54.6 Å². The summed E-state index contributed by atoms with van der Waals surface area (Å²) in [6.07, 6.45) is 0.943. The molecule has 2 aromatic carbocycles. The number of hydrogen-bond acceptors (Lipinski definition) is 5. The second kappa shape index (κ2) is 8.54. The zero-order valence-corrected chi connectivity index (χ0v) is 16.7. The molecule has 3 aromatic rings. The Morgan fingerprint density at radius 1 is 1.21 bits per heavy atom. The summed E-state index contributed by atoms with van der Waals surface area (Å²) >= 11 is 1.57. The van der Waals surface area contributed by atoms with Crippen molar-refractivity contribution in [1.82, 2.24) is 9.88 Å². The van der Waals surface area contributed by atoms with Gasteiger partial charge in [-0.05, 0) is 30.3 Å². The number of amides is 1. The molecule has 1 aromatic heterocycles. The minimum atomic E-state index is -0.163. The van der Waals surface area contributed by atoms with E-state index in [9.17, 15) is 4.79 Å². The average molecular weight is 394 g/mol. The number of benzene rings is 2. The highest BCUT2D eigenvalue weighted by molar-refractivity contribution is 7.15. The molecule has 2 heterocycles. The van der Waals surface area contributed by atoms with E-state index in [2.05, 4.69) is 22.1 Å². The smallest absolute Gasteiger partial charge is 0.257 e. The van der Waals surface area contributed by atoms with Crippen LogP contribution in [0.4, 0.5) is 5.13 Å². The van der Waals surface area contributed by atoms with E-state index in [4.69, 9.17) is 4.74 Å². The fourth-order valence-corrected chi connectivity index (χ4v) is 4.25. The number of nitrogens with one attached hydrogen (secondary N) is 1. The quantitative estimate of drug-likeness (QED) is 0.676. The molecule has 6 heteroatoms. The number of thiazole rings is 1. The van der Waals surface area contributed by atoms with Crippen molar-refractivity contribution >= 4 is 22.4 Å². The summed E-state index contributed by atoms with van der Waals surface area (Å²) in [5.74, 6) is 0.511. The first-order valence-corrected chi connectivity index (χ1v) is 10.3. The van der Waals surface area contributed by atoms with E-state index in [0.29, 0.717) is 23.1 Å². The number of hydrogen-bond donors (Lipinski definition) is 1. The van der Waals surface area contributed by atoms with E-state index in [1.807, 2.05) is 42.5 Å². The van der Waals surface area contributed by atoms with Crippen molar-refractivity contribution < 1.29 is 9.53 Å². The van der Waals surface area contributed by atoms with Crippen LogP contribution in [0.2, 0.25) is 0 Å². The summed E-state index contributed by atoms with van der Waals surface area (Å²) < 4.78 is 5.82. The Morgan fingerprint density at radius 3 is 2.89 bits per heavy atom. The summed E-state index contributed by atoms with van der Waals surface area (Å²) in [5, 5.41) is 3.61. The topological polar surface area (TPSA) is 54.5 Å². The van der Waals surface area contributed by atoms with Crippen LogP contribution in [0.1, 0.15) is 33.4 Å². The number of nitrogens with zero attached hydrogens (tertiary/aromatic N) is 2. The molecule has 5 nitrogen and oxygen atoms in total. The first-order chi connectivity index (χ1) is 13.7. The third kappa shape index (κ3) is 4.40. The number of ether oxygens (including phenoxy) is 1. The lowest BCUT2D eigenvalue weighted by Crippen LogP contribution is -2.29. The number of anilines is 1. The molecule has 28 heavy (non-hydrogen) atoms. The number of fused-ring (bicyclic) bond motifs is 1. The largest absolute Gasteiger partial charge is 0.489 e. The van der Waals surface area contributed by atoms with Gasteiger partial charge >= 0.3 is 0 Å². The molecule has 1 N–H and O–H groups in total. The SMILES string of the molecule is CCN1CCc2nc(NC(=O)c3cccc(OCc4ccccc4)c3)sc2C1. The fraction of sp³-hybridized carbons (Fsp3) is 0.273. The zero-order chi connectivity index (χ0) is 19.3. The maximum Gasteiger partial charge on any atom is 0.257 e. The van der Waals surface area contributed by atoms with Crippen molar-refractivity contribution in [2.45, 2.75) is 26.5 Å². The van der Waals surface area contributed by atoms with Crippen LogP contribution in [0.5, 0.6) is 5.75 Å². The average Bonchev–Trinajstić information content (AvgIpc) is 3.14. The maximum absolute atomic E-state index is 12.7. The number of likely N-dealkylation sites (N-methyl/N-ethyl adjacent to an activating group) is 1. The van der Waals surface area contributed by atoms with Gasteiger partial charge in [-0.1, -0.05) is 43.3 Å². The van der Waals surface area contributed by atoms with Crippen LogP contribution in [-0.4, -0.2) is 28.9 Å². The predicted molar refractivity (Wildman–Crippen MR) is 112 cm³/mol. The van der Waals surface area contributed by atoms with Crippen molar-refractivity contribution in [2.75, 3.05) is 18.4 Å². The molecule has 0 spiro atoms. The van der Waals surface area contributed by atoms with E-state index in [1.54, 1.807) is 23.5 Å². The third-order valence-electron chi connectivity index (χ3n) is 4.82. The van der Waals surface area contributed by atoms with Crippen molar-refractivity contribution in [3.8, 4) is 5.75 Å². The summed E-state index contributed by atoms with van der Waals surface area (Å²) in [6.45, 7) is 5.62. The number of carbonyl (C=O) groups excluding carboxylic acids is 1. The molecule has 0 fully saturated rings. The molecular weight excluding hydrogens is 370 g/mol. The van der Waals surface area contributed by atoms with Gasteiger partial charge in [-0.2, -0.15) is 0 Å². The van der Waals surface area contributed by atoms with Gasteiger partial charge in [0.2, 0.25) is 0 Å². The minimum Gasteiger partial charge on any atom is -0.489 e.